The monoisotopic (exact) mass is 853 g/mol. The van der Waals surface area contributed by atoms with E-state index in [4.69, 9.17) is 53.0 Å². The maximum absolute atomic E-state index is 12.6. The number of hydrogen-bond donors (Lipinski definition) is 10. The zero-order chi connectivity index (χ0) is 42.9. The van der Waals surface area contributed by atoms with E-state index >= 15 is 0 Å². The molecular weight excluding hydrogens is 795 g/mol. The van der Waals surface area contributed by atoms with Crippen LogP contribution in [0.15, 0.2) is 48.5 Å². The van der Waals surface area contributed by atoms with Gasteiger partial charge in [-0.1, -0.05) is 49.2 Å². The molecule has 4 rings (SSSR count). The second-order valence-corrected chi connectivity index (χ2v) is 13.7. The van der Waals surface area contributed by atoms with Gasteiger partial charge in [-0.3, -0.25) is 14.4 Å². The molecule has 0 radical (unpaired) electrons. The Morgan fingerprint density at radius 2 is 1.31 bits per heavy atom. The molecule has 0 bridgehead atoms. The Hall–Kier alpha value is -4.49. The molecule has 2 atom stereocenters. The van der Waals surface area contributed by atoms with Crippen LogP contribution in [0.2, 0.25) is 5.15 Å². The lowest BCUT2D eigenvalue weighted by atomic mass is 10.0. The first-order chi connectivity index (χ1) is 28.0. The van der Waals surface area contributed by atoms with Gasteiger partial charge in [0.05, 0.1) is 64.2 Å². The Morgan fingerprint density at radius 1 is 0.810 bits per heavy atom. The number of likely N-dealkylation sites (tertiary alicyclic amines) is 1. The van der Waals surface area contributed by atoms with E-state index in [1.807, 2.05) is 48.5 Å². The lowest BCUT2D eigenvalue weighted by molar-refractivity contribution is -0.906. The topological polar surface area (TPSA) is 269 Å². The van der Waals surface area contributed by atoms with Crippen LogP contribution in [-0.2, 0) is 22.4 Å². The molecule has 3 amide bonds. The molecule has 17 nitrogen and oxygen atoms in total. The summed E-state index contributed by atoms with van der Waals surface area (Å²) in [5.41, 5.74) is 13.8. The predicted octanol–water partition coefficient (Wildman–Crippen LogP) is -0.105. The van der Waals surface area contributed by atoms with Crippen molar-refractivity contribution in [3.63, 3.8) is 0 Å². The number of nitrogens with zero attached hydrogens (tertiary/aromatic N) is 2. The minimum Gasteiger partial charge on any atom is -0.484 e. The van der Waals surface area contributed by atoms with Crippen LogP contribution in [0.4, 0.5) is 11.6 Å². The van der Waals surface area contributed by atoms with Crippen LogP contribution in [0.1, 0.15) is 54.2 Å². The fourth-order valence-electron chi connectivity index (χ4n) is 5.83. The summed E-state index contributed by atoms with van der Waals surface area (Å²) in [6.45, 7) is 3.34. The summed E-state index contributed by atoms with van der Waals surface area (Å²) in [5, 5.41) is 43.5. The molecule has 0 saturated carbocycles. The van der Waals surface area contributed by atoms with E-state index in [2.05, 4.69) is 44.4 Å². The van der Waals surface area contributed by atoms with E-state index in [-0.39, 0.29) is 74.1 Å². The molecule has 12 N–H and O–H groups in total. The fraction of sp³-hybridized carbons (Fsp3) is 0.513. The largest absolute Gasteiger partial charge is 0.484 e. The molecule has 2 heterocycles. The SMILES string of the molecule is CCCc1ccc(OCC(=O)NC(CO)CO)cc1.CCl.Nc1nc(N)c(C(=O)NC2CCC[NH+](CCCc3ccc(OCC(=O)NC(CO)CO)cc3)C2)nc1Cl. The van der Waals surface area contributed by atoms with Crippen LogP contribution < -0.4 is 41.8 Å². The molecule has 1 aliphatic rings. The Kier molecular flexibility index (Phi) is 24.0. The van der Waals surface area contributed by atoms with Crippen LogP contribution in [0.5, 0.6) is 11.5 Å². The van der Waals surface area contributed by atoms with Crippen molar-refractivity contribution in [3.05, 3.63) is 70.5 Å². The number of nitrogens with two attached hydrogens (primary N) is 2. The number of alkyl halides is 1. The Labute approximate surface area is 349 Å². The number of aliphatic hydroxyl groups excluding tert-OH is 4. The van der Waals surface area contributed by atoms with Crippen molar-refractivity contribution in [1.82, 2.24) is 25.9 Å². The van der Waals surface area contributed by atoms with E-state index in [0.29, 0.717) is 11.5 Å². The van der Waals surface area contributed by atoms with Gasteiger partial charge in [0, 0.05) is 12.8 Å². The van der Waals surface area contributed by atoms with Crippen molar-refractivity contribution in [1.29, 1.82) is 0 Å². The minimum atomic E-state index is -0.692. The van der Waals surface area contributed by atoms with E-state index in [9.17, 15) is 14.4 Å². The van der Waals surface area contributed by atoms with Crippen LogP contribution >= 0.6 is 23.2 Å². The number of aryl methyl sites for hydroxylation is 2. The third-order valence-electron chi connectivity index (χ3n) is 8.81. The van der Waals surface area contributed by atoms with E-state index < -0.39 is 23.9 Å². The summed E-state index contributed by atoms with van der Waals surface area (Å²) in [5.74, 6) is -0.0491. The highest BCUT2D eigenvalue weighted by Crippen LogP contribution is 2.18. The van der Waals surface area contributed by atoms with Crippen LogP contribution in [0.3, 0.4) is 0 Å². The first kappa shape index (κ1) is 49.7. The smallest absolute Gasteiger partial charge is 0.274 e. The molecule has 58 heavy (non-hydrogen) atoms. The minimum absolute atomic E-state index is 0.00690. The Morgan fingerprint density at radius 3 is 1.79 bits per heavy atom. The highest BCUT2D eigenvalue weighted by atomic mass is 35.5. The molecular formula is C39H59Cl2N8O9+. The van der Waals surface area contributed by atoms with Gasteiger partial charge in [-0.15, -0.1) is 11.6 Å². The molecule has 1 aromatic heterocycles. The molecule has 322 valence electrons. The lowest BCUT2D eigenvalue weighted by Gasteiger charge is -2.30. The third-order valence-corrected chi connectivity index (χ3v) is 9.08. The highest BCUT2D eigenvalue weighted by molar-refractivity contribution is 6.31. The highest BCUT2D eigenvalue weighted by Gasteiger charge is 2.26. The average molecular weight is 855 g/mol. The number of rotatable bonds is 20. The first-order valence-electron chi connectivity index (χ1n) is 19.0. The maximum Gasteiger partial charge on any atom is 0.274 e. The molecule has 1 fully saturated rings. The fourth-order valence-corrected chi connectivity index (χ4v) is 5.96. The number of hydrogen-bond acceptors (Lipinski definition) is 13. The number of aromatic nitrogens is 2. The average Bonchev–Trinajstić information content (AvgIpc) is 3.23. The van der Waals surface area contributed by atoms with Gasteiger partial charge < -0.3 is 62.2 Å². The third kappa shape index (κ3) is 18.4. The zero-order valence-corrected chi connectivity index (χ0v) is 34.6. The number of nitrogens with one attached hydrogen (secondary N) is 4. The van der Waals surface area contributed by atoms with Crippen molar-refractivity contribution in [2.24, 2.45) is 0 Å². The van der Waals surface area contributed by atoms with Gasteiger partial charge in [0.1, 0.15) is 11.5 Å². The van der Waals surface area contributed by atoms with Gasteiger partial charge in [0.15, 0.2) is 35.7 Å². The van der Waals surface area contributed by atoms with Crippen LogP contribution in [0.25, 0.3) is 0 Å². The molecule has 2 unspecified atom stereocenters. The molecule has 1 saturated heterocycles. The maximum atomic E-state index is 12.6. The van der Waals surface area contributed by atoms with Crippen molar-refractivity contribution in [2.75, 3.05) is 77.1 Å². The Bertz CT molecular complexity index is 1650. The van der Waals surface area contributed by atoms with Crippen molar-refractivity contribution in [3.8, 4) is 11.5 Å². The predicted molar refractivity (Wildman–Crippen MR) is 222 cm³/mol. The summed E-state index contributed by atoms with van der Waals surface area (Å²) >= 11 is 10.5. The summed E-state index contributed by atoms with van der Waals surface area (Å²) in [4.78, 5) is 45.1. The Balaban J connectivity index is 0.000000465. The number of carbonyl (C=O) groups is 3. The van der Waals surface area contributed by atoms with Gasteiger partial charge in [0.2, 0.25) is 0 Å². The number of carbonyl (C=O) groups excluding carboxylic acids is 3. The summed E-state index contributed by atoms with van der Waals surface area (Å²) in [7, 11) is 0. The number of amides is 3. The number of quaternary nitrogens is 1. The molecule has 19 heteroatoms. The van der Waals surface area contributed by atoms with Gasteiger partial charge in [-0.25, -0.2) is 9.97 Å². The first-order valence-corrected chi connectivity index (χ1v) is 20.2. The molecule has 0 aliphatic carbocycles. The van der Waals surface area contributed by atoms with Crippen molar-refractivity contribution in [2.45, 2.75) is 63.6 Å². The number of halogens is 2. The second-order valence-electron chi connectivity index (χ2n) is 13.4. The van der Waals surface area contributed by atoms with Crippen LogP contribution in [-0.4, -0.2) is 132 Å². The summed E-state index contributed by atoms with van der Waals surface area (Å²) < 4.78 is 10.8. The standard InChI is InChI=1S/C24H34ClN7O5.C14H21NO4.CH3Cl/c25-21-23(27)31-22(26)20(30-21)24(36)29-16-4-2-10-32(11-16)9-1-3-15-5-7-18(8-6-15)37-14-19(35)28-17(12-33)13-34;1-2-3-11-4-6-13(7-5-11)19-10-14(18)15-12(8-16)9-17;1-2/h5-8,16-17,33-34H,1-4,9-14H2,(H,28,35)(H,29,36)(H4,26,27,31);4-7,12,16-17H,2-3,8-10H2,1H3,(H,15,18);1H3/p+1. The van der Waals surface area contributed by atoms with Crippen molar-refractivity contribution < 1.29 is 49.2 Å². The lowest BCUT2D eigenvalue weighted by Crippen LogP contribution is -3.14. The number of ether oxygens (including phenoxy) is 2. The zero-order valence-electron chi connectivity index (χ0n) is 33.1. The number of benzene rings is 2. The van der Waals surface area contributed by atoms with Crippen LogP contribution in [0, 0.1) is 0 Å². The van der Waals surface area contributed by atoms with Gasteiger partial charge in [0.25, 0.3) is 17.7 Å². The summed E-state index contributed by atoms with van der Waals surface area (Å²) in [6, 6.07) is 13.8. The van der Waals surface area contributed by atoms with Gasteiger partial charge >= 0.3 is 0 Å². The quantitative estimate of drug-likeness (QED) is 0.0667. The number of piperidine rings is 1. The van der Waals surface area contributed by atoms with E-state index in [0.717, 1.165) is 63.7 Å². The summed E-state index contributed by atoms with van der Waals surface area (Å²) in [6.07, 6.45) is 7.34. The molecule has 3 aromatic rings. The van der Waals surface area contributed by atoms with Gasteiger partial charge in [-0.2, -0.15) is 0 Å². The van der Waals surface area contributed by atoms with Gasteiger partial charge in [-0.05, 0) is 61.1 Å². The van der Waals surface area contributed by atoms with E-state index in [1.165, 1.54) is 16.8 Å². The van der Waals surface area contributed by atoms with Crippen molar-refractivity contribution >= 4 is 52.6 Å². The number of aliphatic hydroxyl groups is 4. The molecule has 2 aromatic carbocycles. The number of anilines is 2. The molecule has 0 spiro atoms. The molecule has 1 aliphatic heterocycles. The van der Waals surface area contributed by atoms with E-state index in [1.54, 1.807) is 0 Å². The second kappa shape index (κ2) is 28.0. The normalized spacial score (nSPS) is 14.7. The number of nitrogen functional groups attached to an aromatic ring is 2.